The topological polar surface area (TPSA) is 25.8 Å². The summed E-state index contributed by atoms with van der Waals surface area (Å²) >= 11 is 20.7. The Morgan fingerprint density at radius 3 is 1.26 bits per heavy atom. The van der Waals surface area contributed by atoms with E-state index in [1.54, 1.807) is 11.3 Å². The van der Waals surface area contributed by atoms with Gasteiger partial charge in [0.15, 0.2) is 0 Å². The van der Waals surface area contributed by atoms with Crippen molar-refractivity contribution in [3.8, 4) is 0 Å². The lowest BCUT2D eigenvalue weighted by molar-refractivity contribution is 0.428. The summed E-state index contributed by atoms with van der Waals surface area (Å²) in [5, 5.41) is 11.4. The van der Waals surface area contributed by atoms with Crippen molar-refractivity contribution >= 4 is 61.9 Å². The highest BCUT2D eigenvalue weighted by molar-refractivity contribution is 7.99. The van der Waals surface area contributed by atoms with Crippen LogP contribution in [-0.2, 0) is 10.8 Å². The van der Waals surface area contributed by atoms with Gasteiger partial charge in [-0.1, -0.05) is 105 Å². The van der Waals surface area contributed by atoms with Crippen LogP contribution in [0.4, 0.5) is 0 Å². The number of rotatable bonds is 18. The van der Waals surface area contributed by atoms with Crippen molar-refractivity contribution in [3.05, 3.63) is 10.0 Å². The van der Waals surface area contributed by atoms with E-state index in [0.29, 0.717) is 0 Å². The van der Waals surface area contributed by atoms with Crippen LogP contribution in [-0.4, -0.2) is 19.4 Å². The first-order valence-electron chi connectivity index (χ1n) is 12.3. The molecule has 31 heavy (non-hydrogen) atoms. The molecule has 182 valence electrons. The van der Waals surface area contributed by atoms with Crippen molar-refractivity contribution in [1.82, 2.24) is 10.2 Å². The Bertz CT molecular complexity index is 544. The molecule has 1 heterocycles. The first-order valence-corrected chi connectivity index (χ1v) is 15.2. The number of thiol groups is 4. The highest BCUT2D eigenvalue weighted by atomic mass is 32.2. The molecule has 0 spiro atoms. The van der Waals surface area contributed by atoms with E-state index < -0.39 is 0 Å². The fraction of sp³-hybridized carbons (Fsp3) is 0.917. The van der Waals surface area contributed by atoms with Crippen LogP contribution in [0.2, 0.25) is 0 Å². The second-order valence-corrected chi connectivity index (χ2v) is 13.4. The van der Waals surface area contributed by atoms with Gasteiger partial charge in [0.1, 0.15) is 10.0 Å². The summed E-state index contributed by atoms with van der Waals surface area (Å²) in [7, 11) is 0. The number of nitrogens with zero attached hydrogens (tertiary/aromatic N) is 2. The maximum absolute atomic E-state index is 4.74. The van der Waals surface area contributed by atoms with Crippen LogP contribution in [0.5, 0.6) is 0 Å². The van der Waals surface area contributed by atoms with Gasteiger partial charge in [-0.25, -0.2) is 0 Å². The molecule has 2 nitrogen and oxygen atoms in total. The minimum absolute atomic E-state index is 0.0587. The molecule has 0 N–H and O–H groups in total. The minimum atomic E-state index is -0.170. The molecule has 0 amide bonds. The molecule has 0 aromatic carbocycles. The molecule has 0 saturated carbocycles. The average molecular weight is 523 g/mol. The lowest BCUT2D eigenvalue weighted by atomic mass is 9.86. The van der Waals surface area contributed by atoms with Crippen molar-refractivity contribution in [2.24, 2.45) is 0 Å². The molecule has 0 radical (unpaired) electrons. The predicted octanol–water partition coefficient (Wildman–Crippen LogP) is 8.93. The first kappa shape index (κ1) is 30.0. The highest BCUT2D eigenvalue weighted by Gasteiger charge is 2.40. The molecular formula is C24H46N2S5. The Kier molecular flexibility index (Phi) is 15.3. The molecule has 0 aliphatic rings. The molecule has 1 rings (SSSR count). The Morgan fingerprint density at radius 2 is 0.935 bits per heavy atom. The van der Waals surface area contributed by atoms with Crippen molar-refractivity contribution in [1.29, 1.82) is 0 Å². The largest absolute Gasteiger partial charge is 0.164 e. The fourth-order valence-corrected chi connectivity index (χ4v) is 6.53. The zero-order valence-corrected chi connectivity index (χ0v) is 24.5. The summed E-state index contributed by atoms with van der Waals surface area (Å²) in [6.07, 6.45) is 17.5. The molecule has 0 fully saturated rings. The summed E-state index contributed by atoms with van der Waals surface area (Å²) in [6.45, 7) is 9.02. The first-order chi connectivity index (χ1) is 14.7. The predicted molar refractivity (Wildman–Crippen MR) is 154 cm³/mol. The maximum atomic E-state index is 4.74. The quantitative estimate of drug-likeness (QED) is 0.0879. The van der Waals surface area contributed by atoms with E-state index in [2.05, 4.69) is 37.9 Å². The van der Waals surface area contributed by atoms with Gasteiger partial charge in [0.25, 0.3) is 0 Å². The van der Waals surface area contributed by atoms with Gasteiger partial charge in [0.2, 0.25) is 0 Å². The van der Waals surface area contributed by atoms with Gasteiger partial charge in [-0.2, -0.15) is 50.5 Å². The average Bonchev–Trinajstić information content (AvgIpc) is 3.24. The highest BCUT2D eigenvalue weighted by Crippen LogP contribution is 2.44. The van der Waals surface area contributed by atoms with Gasteiger partial charge < -0.3 is 0 Å². The van der Waals surface area contributed by atoms with Crippen LogP contribution in [0.25, 0.3) is 0 Å². The number of hydrogen-bond acceptors (Lipinski definition) is 7. The third kappa shape index (κ3) is 9.62. The van der Waals surface area contributed by atoms with Crippen molar-refractivity contribution < 1.29 is 0 Å². The van der Waals surface area contributed by atoms with E-state index in [9.17, 15) is 0 Å². The molecule has 1 aromatic rings. The molecule has 2 atom stereocenters. The van der Waals surface area contributed by atoms with E-state index >= 15 is 0 Å². The summed E-state index contributed by atoms with van der Waals surface area (Å²) < 4.78 is -0.117. The lowest BCUT2D eigenvalue weighted by Crippen LogP contribution is -2.30. The number of hydrogen-bond donors (Lipinski definition) is 4. The molecule has 0 aliphatic carbocycles. The summed E-state index contributed by atoms with van der Waals surface area (Å²) in [6, 6.07) is 0. The molecule has 0 saturated heterocycles. The zero-order valence-electron chi connectivity index (χ0n) is 20.1. The van der Waals surface area contributed by atoms with Crippen LogP contribution < -0.4 is 0 Å². The smallest absolute Gasteiger partial charge is 0.125 e. The maximum Gasteiger partial charge on any atom is 0.125 e. The second-order valence-electron chi connectivity index (χ2n) is 9.53. The molecule has 0 aliphatic heterocycles. The van der Waals surface area contributed by atoms with Gasteiger partial charge in [0.05, 0.1) is 9.16 Å². The van der Waals surface area contributed by atoms with Gasteiger partial charge >= 0.3 is 0 Å². The zero-order chi connectivity index (χ0) is 23.3. The van der Waals surface area contributed by atoms with Crippen LogP contribution in [0.3, 0.4) is 0 Å². The lowest BCUT2D eigenvalue weighted by Gasteiger charge is -2.31. The standard InChI is InChI=1S/C24H46N2S5/c1-5-7-9-11-13-15-17-23(3,21(27)28)19-25-26-20(31-19)24(4,22(29)30)18-16-14-12-10-8-6-2/h21-22,27-30H,5-18H2,1-4H3. The Labute approximate surface area is 218 Å². The summed E-state index contributed by atoms with van der Waals surface area (Å²) in [5.74, 6) is 0. The van der Waals surface area contributed by atoms with E-state index in [4.69, 9.17) is 50.5 Å². The van der Waals surface area contributed by atoms with Crippen molar-refractivity contribution in [2.45, 2.75) is 138 Å². The molecule has 0 bridgehead atoms. The number of aromatic nitrogens is 2. The summed E-state index contributed by atoms with van der Waals surface area (Å²) in [5.41, 5.74) is -0.340. The Hall–Kier alpha value is 0.960. The van der Waals surface area contributed by atoms with Crippen LogP contribution in [0.1, 0.15) is 128 Å². The SMILES string of the molecule is CCCCCCCCC(C)(c1nnc(C(C)(CCCCCCCC)C(S)S)s1)C(S)S. The summed E-state index contributed by atoms with van der Waals surface area (Å²) in [4.78, 5) is 0. The monoisotopic (exact) mass is 522 g/mol. The van der Waals surface area contributed by atoms with Gasteiger partial charge in [-0.15, -0.1) is 21.5 Å². The van der Waals surface area contributed by atoms with E-state index in [0.717, 1.165) is 22.9 Å². The van der Waals surface area contributed by atoms with Crippen molar-refractivity contribution in [2.75, 3.05) is 0 Å². The Balaban J connectivity index is 2.81. The Morgan fingerprint density at radius 1 is 0.613 bits per heavy atom. The van der Waals surface area contributed by atoms with Crippen molar-refractivity contribution in [3.63, 3.8) is 0 Å². The molecule has 1 aromatic heterocycles. The third-order valence-corrected chi connectivity index (χ3v) is 10.4. The van der Waals surface area contributed by atoms with E-state index in [1.807, 2.05) is 0 Å². The van der Waals surface area contributed by atoms with E-state index in [-0.39, 0.29) is 20.0 Å². The van der Waals surface area contributed by atoms with E-state index in [1.165, 1.54) is 77.0 Å². The van der Waals surface area contributed by atoms with Gasteiger partial charge in [-0.3, -0.25) is 0 Å². The van der Waals surface area contributed by atoms with Crippen LogP contribution in [0, 0.1) is 0 Å². The normalized spacial score (nSPS) is 16.1. The second kappa shape index (κ2) is 15.8. The molecular weight excluding hydrogens is 477 g/mol. The van der Waals surface area contributed by atoms with Gasteiger partial charge in [-0.05, 0) is 12.8 Å². The number of unbranched alkanes of at least 4 members (excludes halogenated alkanes) is 10. The molecule has 2 unspecified atom stereocenters. The molecule has 7 heteroatoms. The van der Waals surface area contributed by atoms with Gasteiger partial charge in [0, 0.05) is 10.8 Å². The third-order valence-electron chi connectivity index (χ3n) is 6.64. The van der Waals surface area contributed by atoms with Crippen LogP contribution >= 0.6 is 61.9 Å². The minimum Gasteiger partial charge on any atom is -0.164 e. The fourth-order valence-electron chi connectivity index (χ4n) is 3.92. The van der Waals surface area contributed by atoms with Crippen LogP contribution in [0.15, 0.2) is 0 Å².